The number of hydrogen-bond acceptors (Lipinski definition) is 5. The number of ether oxygens (including phenoxy) is 1. The Morgan fingerprint density at radius 2 is 2.11 bits per heavy atom. The van der Waals surface area contributed by atoms with E-state index < -0.39 is 17.4 Å². The maximum Gasteiger partial charge on any atom is 0.250 e. The molecule has 7 nitrogen and oxygen atoms in total. The number of carbonyl (C=O) groups excluding carboxylic acids is 3. The molecule has 4 unspecified atom stereocenters. The number of nitrogens with zero attached hydrogens (tertiary/aromatic N) is 2. The monoisotopic (exact) mass is 447 g/mol. The molecule has 4 heterocycles. The largest absolute Gasteiger partial charge is 0.385 e. The van der Waals surface area contributed by atoms with Crippen LogP contribution in [-0.2, 0) is 24.7 Å². The van der Waals surface area contributed by atoms with Crippen molar-refractivity contribution >= 4 is 39.3 Å². The van der Waals surface area contributed by atoms with E-state index in [1.165, 1.54) is 4.90 Å². The predicted molar refractivity (Wildman–Crippen MR) is 104 cm³/mol. The van der Waals surface area contributed by atoms with Crippen molar-refractivity contribution in [3.8, 4) is 0 Å². The summed E-state index contributed by atoms with van der Waals surface area (Å²) in [6.45, 7) is 1.55. The highest BCUT2D eigenvalue weighted by molar-refractivity contribution is 9.10. The number of carbonyl (C=O) groups is 3. The Bertz CT molecular complexity index is 890. The Labute approximate surface area is 171 Å². The third kappa shape index (κ3) is 2.14. The molecule has 4 aliphatic heterocycles. The van der Waals surface area contributed by atoms with Gasteiger partial charge < -0.3 is 10.1 Å². The molecule has 28 heavy (non-hydrogen) atoms. The lowest BCUT2D eigenvalue weighted by Crippen LogP contribution is -2.54. The zero-order valence-electron chi connectivity index (χ0n) is 15.6. The van der Waals surface area contributed by atoms with E-state index in [2.05, 4.69) is 26.1 Å². The third-order valence-electron chi connectivity index (χ3n) is 6.78. The number of amides is 3. The lowest BCUT2D eigenvalue weighted by Gasteiger charge is -2.36. The van der Waals surface area contributed by atoms with E-state index >= 15 is 0 Å². The average molecular weight is 448 g/mol. The standard InChI is InChI=1S/C20H22BrN3O4/c1-28-9-3-7-23-17(25)15-14-4-2-8-24(14)20(16(15)18(23)26)12-10-11(21)5-6-13(12)22-19(20)27/h5-6,10,14-16H,2-4,7-9H2,1H3,(H,22,27). The summed E-state index contributed by atoms with van der Waals surface area (Å²) in [5.74, 6) is -1.64. The molecule has 8 heteroatoms. The fraction of sp³-hybridized carbons (Fsp3) is 0.550. The van der Waals surface area contributed by atoms with Crippen molar-refractivity contribution in [2.75, 3.05) is 32.1 Å². The van der Waals surface area contributed by atoms with Gasteiger partial charge in [0.15, 0.2) is 0 Å². The molecular formula is C20H22BrN3O4. The number of nitrogens with one attached hydrogen (secondary N) is 1. The quantitative estimate of drug-likeness (QED) is 0.561. The van der Waals surface area contributed by atoms with Crippen molar-refractivity contribution in [3.63, 3.8) is 0 Å². The number of imide groups is 1. The molecule has 4 aliphatic rings. The van der Waals surface area contributed by atoms with Crippen molar-refractivity contribution in [3.05, 3.63) is 28.2 Å². The molecule has 1 N–H and O–H groups in total. The van der Waals surface area contributed by atoms with E-state index in [9.17, 15) is 14.4 Å². The normalized spacial score (nSPS) is 33.6. The highest BCUT2D eigenvalue weighted by Crippen LogP contribution is 2.60. The highest BCUT2D eigenvalue weighted by Gasteiger charge is 2.74. The fourth-order valence-electron chi connectivity index (χ4n) is 5.82. The van der Waals surface area contributed by atoms with Gasteiger partial charge in [-0.15, -0.1) is 0 Å². The molecule has 0 aromatic heterocycles. The summed E-state index contributed by atoms with van der Waals surface area (Å²) in [5.41, 5.74) is 0.456. The summed E-state index contributed by atoms with van der Waals surface area (Å²) in [4.78, 5) is 43.6. The van der Waals surface area contributed by atoms with Crippen molar-refractivity contribution < 1.29 is 19.1 Å². The molecule has 1 spiro atoms. The Morgan fingerprint density at radius 3 is 2.89 bits per heavy atom. The molecule has 148 valence electrons. The van der Waals surface area contributed by atoms with Gasteiger partial charge in [-0.2, -0.15) is 0 Å². The van der Waals surface area contributed by atoms with E-state index in [0.717, 1.165) is 35.1 Å². The van der Waals surface area contributed by atoms with Gasteiger partial charge in [0.1, 0.15) is 5.54 Å². The first-order chi connectivity index (χ1) is 13.5. The van der Waals surface area contributed by atoms with Gasteiger partial charge >= 0.3 is 0 Å². The van der Waals surface area contributed by atoms with Crippen LogP contribution in [0, 0.1) is 11.8 Å². The molecule has 0 radical (unpaired) electrons. The summed E-state index contributed by atoms with van der Waals surface area (Å²) < 4.78 is 5.94. The van der Waals surface area contributed by atoms with Crippen LogP contribution in [0.3, 0.4) is 0 Å². The molecule has 1 aromatic carbocycles. The zero-order valence-corrected chi connectivity index (χ0v) is 17.2. The molecule has 3 saturated heterocycles. The SMILES string of the molecule is COCCCN1C(=O)C2C3CCCN3C3(C(=O)Nc4ccc(Br)cc43)C2C1=O. The first kappa shape index (κ1) is 18.3. The molecule has 4 atom stereocenters. The van der Waals surface area contributed by atoms with Gasteiger partial charge in [0.05, 0.1) is 11.8 Å². The van der Waals surface area contributed by atoms with Gasteiger partial charge in [-0.1, -0.05) is 15.9 Å². The number of anilines is 1. The number of rotatable bonds is 4. The van der Waals surface area contributed by atoms with E-state index in [-0.39, 0.29) is 23.8 Å². The maximum atomic E-state index is 13.5. The Morgan fingerprint density at radius 1 is 1.29 bits per heavy atom. The fourth-order valence-corrected chi connectivity index (χ4v) is 6.18. The van der Waals surface area contributed by atoms with Crippen molar-refractivity contribution in [1.29, 1.82) is 0 Å². The Hall–Kier alpha value is -1.77. The van der Waals surface area contributed by atoms with Gasteiger partial charge in [0.2, 0.25) is 17.7 Å². The summed E-state index contributed by atoms with van der Waals surface area (Å²) in [6, 6.07) is 5.60. The van der Waals surface area contributed by atoms with E-state index in [1.807, 2.05) is 18.2 Å². The first-order valence-corrected chi connectivity index (χ1v) is 10.5. The van der Waals surface area contributed by atoms with Gasteiger partial charge in [-0.25, -0.2) is 0 Å². The van der Waals surface area contributed by atoms with Crippen LogP contribution in [-0.4, -0.2) is 60.4 Å². The van der Waals surface area contributed by atoms with Gasteiger partial charge in [-0.3, -0.25) is 24.2 Å². The van der Waals surface area contributed by atoms with Crippen LogP contribution in [0.5, 0.6) is 0 Å². The number of halogens is 1. The highest BCUT2D eigenvalue weighted by atomic mass is 79.9. The van der Waals surface area contributed by atoms with Crippen molar-refractivity contribution in [2.45, 2.75) is 30.8 Å². The first-order valence-electron chi connectivity index (χ1n) is 9.74. The van der Waals surface area contributed by atoms with Crippen LogP contribution in [0.2, 0.25) is 0 Å². The van der Waals surface area contributed by atoms with Crippen LogP contribution in [0.4, 0.5) is 5.69 Å². The average Bonchev–Trinajstić information content (AvgIpc) is 3.36. The molecule has 3 amide bonds. The number of benzene rings is 1. The molecule has 3 fully saturated rings. The number of fused-ring (bicyclic) bond motifs is 7. The molecule has 0 aliphatic carbocycles. The molecule has 0 bridgehead atoms. The minimum absolute atomic E-state index is 0.0652. The molecule has 5 rings (SSSR count). The summed E-state index contributed by atoms with van der Waals surface area (Å²) in [7, 11) is 1.60. The Balaban J connectivity index is 1.64. The van der Waals surface area contributed by atoms with Crippen LogP contribution < -0.4 is 5.32 Å². The minimum Gasteiger partial charge on any atom is -0.385 e. The summed E-state index contributed by atoms with van der Waals surface area (Å²) in [6.07, 6.45) is 2.37. The van der Waals surface area contributed by atoms with Crippen LogP contribution in [0.25, 0.3) is 0 Å². The van der Waals surface area contributed by atoms with Crippen molar-refractivity contribution in [1.82, 2.24) is 9.80 Å². The second-order valence-electron chi connectivity index (χ2n) is 7.99. The van der Waals surface area contributed by atoms with E-state index in [4.69, 9.17) is 4.74 Å². The Kier molecular flexibility index (Phi) is 4.16. The number of likely N-dealkylation sites (tertiary alicyclic amines) is 1. The van der Waals surface area contributed by atoms with E-state index in [1.54, 1.807) is 7.11 Å². The summed E-state index contributed by atoms with van der Waals surface area (Å²) >= 11 is 3.51. The zero-order chi connectivity index (χ0) is 19.6. The lowest BCUT2D eigenvalue weighted by atomic mass is 9.75. The minimum atomic E-state index is -1.09. The van der Waals surface area contributed by atoms with Crippen LogP contribution >= 0.6 is 15.9 Å². The van der Waals surface area contributed by atoms with Crippen LogP contribution in [0.1, 0.15) is 24.8 Å². The van der Waals surface area contributed by atoms with Crippen molar-refractivity contribution in [2.24, 2.45) is 11.8 Å². The topological polar surface area (TPSA) is 79.0 Å². The lowest BCUT2D eigenvalue weighted by molar-refractivity contribution is -0.145. The maximum absolute atomic E-state index is 13.5. The van der Waals surface area contributed by atoms with E-state index in [0.29, 0.717) is 19.6 Å². The second-order valence-corrected chi connectivity index (χ2v) is 8.91. The smallest absolute Gasteiger partial charge is 0.250 e. The van der Waals surface area contributed by atoms with Gasteiger partial charge in [0.25, 0.3) is 0 Å². The molecule has 1 aromatic rings. The van der Waals surface area contributed by atoms with Crippen LogP contribution in [0.15, 0.2) is 22.7 Å². The van der Waals surface area contributed by atoms with Gasteiger partial charge in [0, 0.05) is 42.0 Å². The molecule has 0 saturated carbocycles. The third-order valence-corrected chi connectivity index (χ3v) is 7.27. The second kappa shape index (κ2) is 6.37. The van der Waals surface area contributed by atoms with Gasteiger partial charge in [-0.05, 0) is 44.0 Å². The summed E-state index contributed by atoms with van der Waals surface area (Å²) in [5, 5.41) is 2.98. The predicted octanol–water partition coefficient (Wildman–Crippen LogP) is 1.71. The number of methoxy groups -OCH3 is 1. The number of hydrogen-bond donors (Lipinski definition) is 1. The molecular weight excluding hydrogens is 426 g/mol.